The molecular weight excluding hydrogens is 234 g/mol. The van der Waals surface area contributed by atoms with E-state index in [1.807, 2.05) is 6.20 Å². The van der Waals surface area contributed by atoms with E-state index < -0.39 is 0 Å². The van der Waals surface area contributed by atoms with Crippen molar-refractivity contribution in [3.8, 4) is 0 Å². The number of nitrogens with zero attached hydrogens (tertiary/aromatic N) is 2. The van der Waals surface area contributed by atoms with Crippen LogP contribution in [0.25, 0.3) is 0 Å². The number of hydrogen-bond donors (Lipinski definition) is 1. The van der Waals surface area contributed by atoms with Gasteiger partial charge in [-0.3, -0.25) is 4.98 Å². The summed E-state index contributed by atoms with van der Waals surface area (Å²) in [5.74, 6) is 0.931. The van der Waals surface area contributed by atoms with Gasteiger partial charge in [0.1, 0.15) is 0 Å². The molecule has 0 spiro atoms. The van der Waals surface area contributed by atoms with Crippen molar-refractivity contribution in [2.24, 2.45) is 5.92 Å². The quantitative estimate of drug-likeness (QED) is 0.881. The van der Waals surface area contributed by atoms with E-state index in [1.54, 1.807) is 0 Å². The number of hydrogen-bond acceptors (Lipinski definition) is 3. The van der Waals surface area contributed by atoms with Crippen molar-refractivity contribution in [1.29, 1.82) is 0 Å². The zero-order valence-electron chi connectivity index (χ0n) is 11.9. The molecule has 0 radical (unpaired) electrons. The predicted molar refractivity (Wildman–Crippen MR) is 79.3 cm³/mol. The zero-order chi connectivity index (χ0) is 13.1. The molecule has 1 aliphatic carbocycles. The Morgan fingerprint density at radius 1 is 1.26 bits per heavy atom. The Morgan fingerprint density at radius 2 is 2.05 bits per heavy atom. The average molecular weight is 259 g/mol. The molecule has 0 bridgehead atoms. The minimum absolute atomic E-state index is 0.770. The van der Waals surface area contributed by atoms with Gasteiger partial charge in [0.05, 0.1) is 11.9 Å². The highest BCUT2D eigenvalue weighted by Crippen LogP contribution is 2.27. The van der Waals surface area contributed by atoms with E-state index in [2.05, 4.69) is 34.4 Å². The summed E-state index contributed by atoms with van der Waals surface area (Å²) in [6.07, 6.45) is 10.7. The molecule has 1 saturated heterocycles. The third kappa shape index (κ3) is 3.27. The maximum atomic E-state index is 4.33. The normalized spacial score (nSPS) is 20.8. The largest absolute Gasteiger partial charge is 0.370 e. The van der Waals surface area contributed by atoms with Gasteiger partial charge in [0.2, 0.25) is 0 Å². The summed E-state index contributed by atoms with van der Waals surface area (Å²) >= 11 is 0. The molecule has 3 nitrogen and oxygen atoms in total. The van der Waals surface area contributed by atoms with Crippen LogP contribution in [0.4, 0.5) is 5.69 Å². The van der Waals surface area contributed by atoms with Gasteiger partial charge >= 0.3 is 0 Å². The first-order chi connectivity index (χ1) is 9.36. The van der Waals surface area contributed by atoms with Gasteiger partial charge in [-0.05, 0) is 43.2 Å². The summed E-state index contributed by atoms with van der Waals surface area (Å²) < 4.78 is 0. The van der Waals surface area contributed by atoms with Crippen LogP contribution in [0.3, 0.4) is 0 Å². The number of pyridine rings is 1. The Bertz CT molecular complexity index is 406. The van der Waals surface area contributed by atoms with Crippen molar-refractivity contribution >= 4 is 5.69 Å². The number of aromatic nitrogens is 1. The van der Waals surface area contributed by atoms with E-state index in [-0.39, 0.29) is 0 Å². The van der Waals surface area contributed by atoms with Crippen molar-refractivity contribution in [1.82, 2.24) is 10.3 Å². The van der Waals surface area contributed by atoms with Crippen LogP contribution < -0.4 is 10.2 Å². The van der Waals surface area contributed by atoms with Gasteiger partial charge in [-0.15, -0.1) is 0 Å². The summed E-state index contributed by atoms with van der Waals surface area (Å²) in [7, 11) is 0. The van der Waals surface area contributed by atoms with Gasteiger partial charge in [-0.2, -0.15) is 0 Å². The first-order valence-electron chi connectivity index (χ1n) is 7.78. The molecule has 1 aromatic heterocycles. The van der Waals surface area contributed by atoms with Crippen LogP contribution in [0, 0.1) is 5.92 Å². The summed E-state index contributed by atoms with van der Waals surface area (Å²) in [6.45, 7) is 5.70. The smallest absolute Gasteiger partial charge is 0.0598 e. The van der Waals surface area contributed by atoms with Crippen LogP contribution in [0.5, 0.6) is 0 Å². The SMILES string of the molecule is CCC1CCN(c2cnccc2CNC2CC2)CC1. The number of piperidine rings is 1. The van der Waals surface area contributed by atoms with Crippen molar-refractivity contribution < 1.29 is 0 Å². The second kappa shape index (κ2) is 5.91. The third-order valence-electron chi connectivity index (χ3n) is 4.58. The first-order valence-corrected chi connectivity index (χ1v) is 7.78. The molecule has 3 rings (SSSR count). The summed E-state index contributed by atoms with van der Waals surface area (Å²) in [5, 5.41) is 3.62. The lowest BCUT2D eigenvalue weighted by atomic mass is 9.94. The van der Waals surface area contributed by atoms with Crippen LogP contribution in [0.15, 0.2) is 18.5 Å². The molecule has 0 aromatic carbocycles. The predicted octanol–water partition coefficient (Wildman–Crippen LogP) is 2.96. The van der Waals surface area contributed by atoms with E-state index in [9.17, 15) is 0 Å². The summed E-state index contributed by atoms with van der Waals surface area (Å²) in [4.78, 5) is 6.86. The molecule has 3 heteroatoms. The topological polar surface area (TPSA) is 28.2 Å². The average Bonchev–Trinajstić information content (AvgIpc) is 3.30. The molecule has 0 atom stereocenters. The monoisotopic (exact) mass is 259 g/mol. The minimum atomic E-state index is 0.770. The van der Waals surface area contributed by atoms with Gasteiger partial charge in [0.15, 0.2) is 0 Å². The van der Waals surface area contributed by atoms with Gasteiger partial charge in [-0.1, -0.05) is 13.3 Å². The fourth-order valence-electron chi connectivity index (χ4n) is 2.97. The Hall–Kier alpha value is -1.09. The van der Waals surface area contributed by atoms with Crippen molar-refractivity contribution in [2.75, 3.05) is 18.0 Å². The lowest BCUT2D eigenvalue weighted by Crippen LogP contribution is -2.34. The van der Waals surface area contributed by atoms with Crippen molar-refractivity contribution in [2.45, 2.75) is 51.6 Å². The highest BCUT2D eigenvalue weighted by Gasteiger charge is 2.22. The lowest BCUT2D eigenvalue weighted by molar-refractivity contribution is 0.394. The van der Waals surface area contributed by atoms with Gasteiger partial charge in [0.25, 0.3) is 0 Å². The van der Waals surface area contributed by atoms with Crippen molar-refractivity contribution in [3.63, 3.8) is 0 Å². The van der Waals surface area contributed by atoms with Crippen LogP contribution >= 0.6 is 0 Å². The fourth-order valence-corrected chi connectivity index (χ4v) is 2.97. The second-order valence-corrected chi connectivity index (χ2v) is 6.00. The van der Waals surface area contributed by atoms with E-state index in [0.717, 1.165) is 18.5 Å². The van der Waals surface area contributed by atoms with Crippen LogP contribution in [-0.4, -0.2) is 24.1 Å². The molecule has 2 aliphatic rings. The second-order valence-electron chi connectivity index (χ2n) is 6.00. The van der Waals surface area contributed by atoms with Crippen LogP contribution in [-0.2, 0) is 6.54 Å². The highest BCUT2D eigenvalue weighted by atomic mass is 15.1. The summed E-state index contributed by atoms with van der Waals surface area (Å²) in [6, 6.07) is 2.95. The highest BCUT2D eigenvalue weighted by molar-refractivity contribution is 5.52. The molecule has 1 saturated carbocycles. The van der Waals surface area contributed by atoms with E-state index >= 15 is 0 Å². The summed E-state index contributed by atoms with van der Waals surface area (Å²) in [5.41, 5.74) is 2.77. The van der Waals surface area contributed by atoms with Gasteiger partial charge < -0.3 is 10.2 Å². The fraction of sp³-hybridized carbons (Fsp3) is 0.688. The molecule has 1 aliphatic heterocycles. The maximum Gasteiger partial charge on any atom is 0.0598 e. The van der Waals surface area contributed by atoms with Crippen molar-refractivity contribution in [3.05, 3.63) is 24.0 Å². The Kier molecular flexibility index (Phi) is 4.02. The number of anilines is 1. The van der Waals surface area contributed by atoms with Crippen LogP contribution in [0.1, 0.15) is 44.6 Å². The Balaban J connectivity index is 1.65. The Morgan fingerprint density at radius 3 is 2.74 bits per heavy atom. The van der Waals surface area contributed by atoms with Crippen LogP contribution in [0.2, 0.25) is 0 Å². The molecular formula is C16H25N3. The molecule has 0 unspecified atom stereocenters. The molecule has 104 valence electrons. The Labute approximate surface area is 116 Å². The molecule has 19 heavy (non-hydrogen) atoms. The third-order valence-corrected chi connectivity index (χ3v) is 4.58. The van der Waals surface area contributed by atoms with Gasteiger partial charge in [0, 0.05) is 31.9 Å². The number of nitrogens with one attached hydrogen (secondary N) is 1. The molecule has 1 aromatic rings. The standard InChI is InChI=1S/C16H25N3/c1-2-13-6-9-19(10-7-13)16-12-17-8-5-14(16)11-18-15-3-4-15/h5,8,12-13,15,18H,2-4,6-7,9-11H2,1H3. The van der Waals surface area contributed by atoms with E-state index in [1.165, 1.54) is 56.4 Å². The van der Waals surface area contributed by atoms with E-state index in [0.29, 0.717) is 0 Å². The molecule has 2 fully saturated rings. The van der Waals surface area contributed by atoms with E-state index in [4.69, 9.17) is 0 Å². The zero-order valence-corrected chi connectivity index (χ0v) is 11.9. The molecule has 1 N–H and O–H groups in total. The molecule has 2 heterocycles. The minimum Gasteiger partial charge on any atom is -0.370 e. The first kappa shape index (κ1) is 12.9. The van der Waals surface area contributed by atoms with Gasteiger partial charge in [-0.25, -0.2) is 0 Å². The lowest BCUT2D eigenvalue weighted by Gasteiger charge is -2.34. The number of rotatable bonds is 5. The maximum absolute atomic E-state index is 4.33. The molecule has 0 amide bonds.